The van der Waals surface area contributed by atoms with Gasteiger partial charge in [0.1, 0.15) is 0 Å². The van der Waals surface area contributed by atoms with E-state index in [4.69, 9.17) is 0 Å². The minimum absolute atomic E-state index is 0.156. The summed E-state index contributed by atoms with van der Waals surface area (Å²) in [5, 5.41) is 4.02. The first-order chi connectivity index (χ1) is 12.1. The molecule has 0 radical (unpaired) electrons. The Kier molecular flexibility index (Phi) is 5.65. The van der Waals surface area contributed by atoms with Crippen LogP contribution < -0.4 is 5.43 Å². The number of carbonyl (C=O) groups is 1. The number of sulfonamides is 1. The highest BCUT2D eigenvalue weighted by atomic mass is 32.2. The quantitative estimate of drug-likeness (QED) is 0.497. The average Bonchev–Trinajstić information content (AvgIpc) is 3.18. The Morgan fingerprint density at radius 3 is 2.76 bits per heavy atom. The van der Waals surface area contributed by atoms with Crippen LogP contribution in [0.5, 0.6) is 0 Å². The fourth-order valence-corrected chi connectivity index (χ4v) is 4.66. The second-order valence-electron chi connectivity index (χ2n) is 6.40. The molecule has 3 rings (SSSR count). The highest BCUT2D eigenvalue weighted by molar-refractivity contribution is 7.89. The van der Waals surface area contributed by atoms with Crippen LogP contribution in [-0.2, 0) is 10.0 Å². The second-order valence-corrected chi connectivity index (χ2v) is 8.34. The first-order valence-corrected chi connectivity index (χ1v) is 10.1. The summed E-state index contributed by atoms with van der Waals surface area (Å²) in [6.45, 7) is 1.08. The number of nitrogens with zero attached hydrogens (tertiary/aromatic N) is 2. The Balaban J connectivity index is 1.67. The molecule has 1 heterocycles. The third-order valence-electron chi connectivity index (χ3n) is 4.56. The molecule has 1 aromatic rings. The minimum atomic E-state index is -3.53. The lowest BCUT2D eigenvalue weighted by Gasteiger charge is -2.15. The summed E-state index contributed by atoms with van der Waals surface area (Å²) in [7, 11) is -3.53. The molecule has 7 heteroatoms. The molecule has 25 heavy (non-hydrogen) atoms. The van der Waals surface area contributed by atoms with E-state index in [-0.39, 0.29) is 4.90 Å². The Bertz CT molecular complexity index is 781. The number of allylic oxidation sites excluding steroid dienone is 2. The molecule has 0 saturated carbocycles. The van der Waals surface area contributed by atoms with Crippen molar-refractivity contribution in [2.75, 3.05) is 13.1 Å². The maximum Gasteiger partial charge on any atom is 0.271 e. The molecule has 0 unspecified atom stereocenters. The van der Waals surface area contributed by atoms with Gasteiger partial charge in [-0.1, -0.05) is 18.2 Å². The zero-order valence-corrected chi connectivity index (χ0v) is 14.9. The van der Waals surface area contributed by atoms with Crippen LogP contribution in [0.3, 0.4) is 0 Å². The number of benzene rings is 1. The van der Waals surface area contributed by atoms with Crippen molar-refractivity contribution in [1.29, 1.82) is 0 Å². The molecule has 0 spiro atoms. The number of amides is 1. The van der Waals surface area contributed by atoms with Crippen LogP contribution >= 0.6 is 0 Å². The van der Waals surface area contributed by atoms with Crippen LogP contribution in [0.25, 0.3) is 0 Å². The van der Waals surface area contributed by atoms with Crippen molar-refractivity contribution in [1.82, 2.24) is 9.73 Å². The number of carbonyl (C=O) groups excluding carboxylic acids is 1. The summed E-state index contributed by atoms with van der Waals surface area (Å²) >= 11 is 0. The third-order valence-corrected chi connectivity index (χ3v) is 6.45. The fraction of sp³-hybridized carbons (Fsp3) is 0.444. The summed E-state index contributed by atoms with van der Waals surface area (Å²) < 4.78 is 26.6. The molecule has 1 aliphatic heterocycles. The van der Waals surface area contributed by atoms with Gasteiger partial charge in [-0.3, -0.25) is 4.79 Å². The second kappa shape index (κ2) is 7.93. The summed E-state index contributed by atoms with van der Waals surface area (Å²) in [6, 6.07) is 6.13. The highest BCUT2D eigenvalue weighted by Crippen LogP contribution is 2.21. The Labute approximate surface area is 148 Å². The molecule has 6 nitrogen and oxygen atoms in total. The van der Waals surface area contributed by atoms with Crippen LogP contribution in [0.1, 0.15) is 42.5 Å². The van der Waals surface area contributed by atoms with E-state index in [0.717, 1.165) is 32.1 Å². The van der Waals surface area contributed by atoms with E-state index >= 15 is 0 Å². The predicted octanol–water partition coefficient (Wildman–Crippen LogP) is 2.54. The SMILES string of the molecule is O=C(N/N=C\[C@H]1CC=CCC1)c1cccc(S(=O)(=O)N2CCCC2)c1. The molecule has 1 saturated heterocycles. The lowest BCUT2D eigenvalue weighted by atomic mass is 9.96. The molecule has 0 aromatic heterocycles. The summed E-state index contributed by atoms with van der Waals surface area (Å²) in [6.07, 6.45) is 10.8. The predicted molar refractivity (Wildman–Crippen MR) is 96.9 cm³/mol. The van der Waals surface area contributed by atoms with Gasteiger partial charge in [0.05, 0.1) is 4.90 Å². The molecule has 1 aromatic carbocycles. The molecule has 2 aliphatic rings. The van der Waals surface area contributed by atoms with Gasteiger partial charge in [-0.15, -0.1) is 0 Å². The lowest BCUT2D eigenvalue weighted by Crippen LogP contribution is -2.28. The topological polar surface area (TPSA) is 78.8 Å². The molecule has 1 amide bonds. The average molecular weight is 361 g/mol. The van der Waals surface area contributed by atoms with E-state index in [1.54, 1.807) is 18.3 Å². The van der Waals surface area contributed by atoms with Gasteiger partial charge in [0, 0.05) is 24.9 Å². The molecule has 1 N–H and O–H groups in total. The zero-order chi connectivity index (χ0) is 17.7. The molecule has 1 atom stereocenters. The van der Waals surface area contributed by atoms with Gasteiger partial charge in [-0.25, -0.2) is 13.8 Å². The van der Waals surface area contributed by atoms with Crippen molar-refractivity contribution in [3.8, 4) is 0 Å². The van der Waals surface area contributed by atoms with Gasteiger partial charge in [-0.2, -0.15) is 9.41 Å². The van der Waals surface area contributed by atoms with E-state index in [1.165, 1.54) is 16.4 Å². The Hall–Kier alpha value is -1.99. The van der Waals surface area contributed by atoms with Crippen LogP contribution in [0.2, 0.25) is 0 Å². The van der Waals surface area contributed by atoms with E-state index in [2.05, 4.69) is 22.7 Å². The minimum Gasteiger partial charge on any atom is -0.267 e. The van der Waals surface area contributed by atoms with Gasteiger partial charge in [0.2, 0.25) is 10.0 Å². The molecule has 0 bridgehead atoms. The van der Waals surface area contributed by atoms with E-state index < -0.39 is 15.9 Å². The Morgan fingerprint density at radius 2 is 2.04 bits per heavy atom. The lowest BCUT2D eigenvalue weighted by molar-refractivity contribution is 0.0954. The molecule has 1 aliphatic carbocycles. The molecule has 1 fully saturated rings. The van der Waals surface area contributed by atoms with Crippen LogP contribution in [0.15, 0.2) is 46.4 Å². The monoisotopic (exact) mass is 361 g/mol. The first-order valence-electron chi connectivity index (χ1n) is 8.66. The van der Waals surface area contributed by atoms with Crippen molar-refractivity contribution < 1.29 is 13.2 Å². The van der Waals surface area contributed by atoms with Crippen molar-refractivity contribution in [2.24, 2.45) is 11.0 Å². The standard InChI is InChI=1S/C18H23N3O3S/c22-18(20-19-14-15-7-2-1-3-8-15)16-9-6-10-17(13-16)25(23,24)21-11-4-5-12-21/h1-2,6,9-10,13-15H,3-5,7-8,11-12H2,(H,20,22)/b19-14-/t15-/m0/s1. The van der Waals surface area contributed by atoms with Gasteiger partial charge in [0.15, 0.2) is 0 Å². The summed E-state index contributed by atoms with van der Waals surface area (Å²) in [5.41, 5.74) is 2.79. The van der Waals surface area contributed by atoms with Crippen molar-refractivity contribution in [3.05, 3.63) is 42.0 Å². The van der Waals surface area contributed by atoms with E-state index in [1.807, 2.05) is 0 Å². The number of hydrogen-bond acceptors (Lipinski definition) is 4. The first kappa shape index (κ1) is 17.8. The van der Waals surface area contributed by atoms with Gasteiger partial charge >= 0.3 is 0 Å². The van der Waals surface area contributed by atoms with Gasteiger partial charge < -0.3 is 0 Å². The largest absolute Gasteiger partial charge is 0.271 e. The third kappa shape index (κ3) is 4.35. The Morgan fingerprint density at radius 1 is 1.24 bits per heavy atom. The maximum atomic E-state index is 12.6. The number of hydrogen-bond donors (Lipinski definition) is 1. The zero-order valence-electron chi connectivity index (χ0n) is 14.1. The molecular weight excluding hydrogens is 338 g/mol. The smallest absolute Gasteiger partial charge is 0.267 e. The van der Waals surface area contributed by atoms with Crippen molar-refractivity contribution in [3.63, 3.8) is 0 Å². The molecular formula is C18H23N3O3S. The number of rotatable bonds is 5. The van der Waals surface area contributed by atoms with Gasteiger partial charge in [0.25, 0.3) is 5.91 Å². The normalized spacial score (nSPS) is 21.7. The van der Waals surface area contributed by atoms with Crippen molar-refractivity contribution in [2.45, 2.75) is 37.0 Å². The molecule has 134 valence electrons. The van der Waals surface area contributed by atoms with Gasteiger partial charge in [-0.05, 0) is 56.2 Å². The number of hydrazone groups is 1. The maximum absolute atomic E-state index is 12.6. The van der Waals surface area contributed by atoms with E-state index in [0.29, 0.717) is 24.6 Å². The van der Waals surface area contributed by atoms with Crippen LogP contribution in [-0.4, -0.2) is 37.9 Å². The summed E-state index contributed by atoms with van der Waals surface area (Å²) in [4.78, 5) is 12.4. The fourth-order valence-electron chi connectivity index (χ4n) is 3.09. The van der Waals surface area contributed by atoms with Crippen LogP contribution in [0.4, 0.5) is 0 Å². The van der Waals surface area contributed by atoms with Crippen LogP contribution in [0, 0.1) is 5.92 Å². The summed E-state index contributed by atoms with van der Waals surface area (Å²) in [5.74, 6) is -0.0618. The highest BCUT2D eigenvalue weighted by Gasteiger charge is 2.27. The van der Waals surface area contributed by atoms with E-state index in [9.17, 15) is 13.2 Å². The van der Waals surface area contributed by atoms with Crippen molar-refractivity contribution >= 4 is 22.1 Å². The number of nitrogens with one attached hydrogen (secondary N) is 1.